The first-order chi connectivity index (χ1) is 14.0. The van der Waals surface area contributed by atoms with Crippen molar-refractivity contribution in [3.63, 3.8) is 0 Å². The van der Waals surface area contributed by atoms with E-state index < -0.39 is 0 Å². The third kappa shape index (κ3) is 4.20. The molecule has 0 unspecified atom stereocenters. The van der Waals surface area contributed by atoms with Crippen LogP contribution < -0.4 is 19.5 Å². The Bertz CT molecular complexity index is 999. The number of aliphatic hydroxyl groups excluding tert-OH is 1. The van der Waals surface area contributed by atoms with Crippen molar-refractivity contribution in [2.24, 2.45) is 0 Å². The van der Waals surface area contributed by atoms with Gasteiger partial charge in [-0.1, -0.05) is 0 Å². The maximum absolute atomic E-state index is 12.7. The van der Waals surface area contributed by atoms with Crippen molar-refractivity contribution in [2.75, 3.05) is 26.6 Å². The van der Waals surface area contributed by atoms with Gasteiger partial charge in [0.05, 0.1) is 21.3 Å². The van der Waals surface area contributed by atoms with Gasteiger partial charge in [0.15, 0.2) is 11.5 Å². The van der Waals surface area contributed by atoms with Crippen LogP contribution >= 0.6 is 0 Å². The number of anilines is 1. The fourth-order valence-electron chi connectivity index (χ4n) is 3.04. The first-order valence-corrected chi connectivity index (χ1v) is 8.92. The SMILES string of the molecule is COc1cc(C(=O)Nc2ccc(-c3ccc(CO)o3)c(C)c2)cc(OC)c1OC. The maximum atomic E-state index is 12.7. The molecule has 2 N–H and O–H groups in total. The number of ether oxygens (including phenoxy) is 3. The summed E-state index contributed by atoms with van der Waals surface area (Å²) in [5.74, 6) is 2.08. The molecular weight excluding hydrogens is 374 g/mol. The van der Waals surface area contributed by atoms with Gasteiger partial charge in [-0.15, -0.1) is 0 Å². The highest BCUT2D eigenvalue weighted by atomic mass is 16.5. The minimum atomic E-state index is -0.308. The molecule has 7 nitrogen and oxygen atoms in total. The van der Waals surface area contributed by atoms with Crippen LogP contribution in [0.5, 0.6) is 17.2 Å². The number of aliphatic hydroxyl groups is 1. The number of furan rings is 1. The predicted octanol–water partition coefficient (Wildman–Crippen LogP) is 4.03. The van der Waals surface area contributed by atoms with E-state index in [0.717, 1.165) is 11.1 Å². The number of amides is 1. The molecule has 152 valence electrons. The van der Waals surface area contributed by atoms with E-state index in [4.69, 9.17) is 23.7 Å². The van der Waals surface area contributed by atoms with Gasteiger partial charge in [0, 0.05) is 16.8 Å². The van der Waals surface area contributed by atoms with Gasteiger partial charge in [0.25, 0.3) is 5.91 Å². The molecule has 0 aliphatic carbocycles. The summed E-state index contributed by atoms with van der Waals surface area (Å²) < 4.78 is 21.5. The topological polar surface area (TPSA) is 90.2 Å². The quantitative estimate of drug-likeness (QED) is 0.626. The molecule has 2 aromatic carbocycles. The predicted molar refractivity (Wildman–Crippen MR) is 109 cm³/mol. The molecule has 7 heteroatoms. The lowest BCUT2D eigenvalue weighted by molar-refractivity contribution is 0.102. The Morgan fingerprint density at radius 2 is 1.69 bits per heavy atom. The minimum Gasteiger partial charge on any atom is -0.493 e. The van der Waals surface area contributed by atoms with Crippen LogP contribution in [0.2, 0.25) is 0 Å². The van der Waals surface area contributed by atoms with Gasteiger partial charge in [0.2, 0.25) is 5.75 Å². The highest BCUT2D eigenvalue weighted by Crippen LogP contribution is 2.38. The first-order valence-electron chi connectivity index (χ1n) is 8.92. The molecule has 1 amide bonds. The number of hydrogen-bond acceptors (Lipinski definition) is 6. The van der Waals surface area contributed by atoms with Gasteiger partial charge in [0.1, 0.15) is 18.1 Å². The number of rotatable bonds is 7. The number of benzene rings is 2. The number of methoxy groups -OCH3 is 3. The van der Waals surface area contributed by atoms with Crippen LogP contribution in [0, 0.1) is 6.92 Å². The fraction of sp³-hybridized carbons (Fsp3) is 0.227. The van der Waals surface area contributed by atoms with E-state index in [1.54, 1.807) is 24.3 Å². The molecule has 0 bridgehead atoms. The Labute approximate surface area is 168 Å². The molecule has 29 heavy (non-hydrogen) atoms. The molecule has 0 aliphatic rings. The van der Waals surface area contributed by atoms with E-state index in [1.807, 2.05) is 25.1 Å². The molecule has 0 saturated heterocycles. The van der Waals surface area contributed by atoms with Gasteiger partial charge < -0.3 is 29.1 Å². The monoisotopic (exact) mass is 397 g/mol. The number of nitrogens with one attached hydrogen (secondary N) is 1. The van der Waals surface area contributed by atoms with Crippen LogP contribution in [0.3, 0.4) is 0 Å². The summed E-state index contributed by atoms with van der Waals surface area (Å²) in [5.41, 5.74) is 2.82. The molecule has 3 rings (SSSR count). The van der Waals surface area contributed by atoms with E-state index in [2.05, 4.69) is 5.32 Å². The summed E-state index contributed by atoms with van der Waals surface area (Å²) in [6.07, 6.45) is 0. The molecule has 0 aliphatic heterocycles. The summed E-state index contributed by atoms with van der Waals surface area (Å²) in [5, 5.41) is 12.0. The molecule has 1 heterocycles. The van der Waals surface area contributed by atoms with Crippen molar-refractivity contribution >= 4 is 11.6 Å². The zero-order valence-corrected chi connectivity index (χ0v) is 16.7. The lowest BCUT2D eigenvalue weighted by Gasteiger charge is -2.14. The molecule has 3 aromatic rings. The molecule has 0 fully saturated rings. The Kier molecular flexibility index (Phi) is 6.09. The van der Waals surface area contributed by atoms with E-state index in [-0.39, 0.29) is 12.5 Å². The highest BCUT2D eigenvalue weighted by molar-refractivity contribution is 6.05. The van der Waals surface area contributed by atoms with Gasteiger partial charge in [-0.25, -0.2) is 0 Å². The minimum absolute atomic E-state index is 0.151. The number of carbonyl (C=O) groups is 1. The summed E-state index contributed by atoms with van der Waals surface area (Å²) in [6, 6.07) is 12.2. The molecule has 0 atom stereocenters. The van der Waals surface area contributed by atoms with Crippen LogP contribution in [0.4, 0.5) is 5.69 Å². The van der Waals surface area contributed by atoms with Crippen LogP contribution in [0.15, 0.2) is 46.9 Å². The molecule has 0 radical (unpaired) electrons. The molecule has 0 spiro atoms. The average Bonchev–Trinajstić information content (AvgIpc) is 3.21. The summed E-state index contributed by atoms with van der Waals surface area (Å²) in [4.78, 5) is 12.7. The number of carbonyl (C=O) groups excluding carboxylic acids is 1. The molecule has 1 aromatic heterocycles. The van der Waals surface area contributed by atoms with Crippen molar-refractivity contribution in [3.05, 3.63) is 59.4 Å². The lowest BCUT2D eigenvalue weighted by Crippen LogP contribution is -2.12. The lowest BCUT2D eigenvalue weighted by atomic mass is 10.1. The summed E-state index contributed by atoms with van der Waals surface area (Å²) in [7, 11) is 4.50. The van der Waals surface area contributed by atoms with Crippen LogP contribution in [-0.4, -0.2) is 32.3 Å². The highest BCUT2D eigenvalue weighted by Gasteiger charge is 2.17. The van der Waals surface area contributed by atoms with Crippen molar-refractivity contribution in [2.45, 2.75) is 13.5 Å². The normalized spacial score (nSPS) is 10.5. The second-order valence-electron chi connectivity index (χ2n) is 6.32. The van der Waals surface area contributed by atoms with Gasteiger partial charge >= 0.3 is 0 Å². The molecular formula is C22H23NO6. The summed E-state index contributed by atoms with van der Waals surface area (Å²) in [6.45, 7) is 1.77. The van der Waals surface area contributed by atoms with Crippen molar-refractivity contribution in [3.8, 4) is 28.6 Å². The molecule has 0 saturated carbocycles. The summed E-state index contributed by atoms with van der Waals surface area (Å²) >= 11 is 0. The Balaban J connectivity index is 1.85. The van der Waals surface area contributed by atoms with Crippen molar-refractivity contribution < 1.29 is 28.5 Å². The zero-order valence-electron chi connectivity index (χ0n) is 16.7. The van der Waals surface area contributed by atoms with E-state index >= 15 is 0 Å². The Morgan fingerprint density at radius 1 is 1.00 bits per heavy atom. The maximum Gasteiger partial charge on any atom is 0.255 e. The van der Waals surface area contributed by atoms with Crippen LogP contribution in [0.1, 0.15) is 21.7 Å². The number of hydrogen-bond donors (Lipinski definition) is 2. The average molecular weight is 397 g/mol. The fourth-order valence-corrected chi connectivity index (χ4v) is 3.04. The van der Waals surface area contributed by atoms with Crippen LogP contribution in [0.25, 0.3) is 11.3 Å². The smallest absolute Gasteiger partial charge is 0.255 e. The van der Waals surface area contributed by atoms with Crippen molar-refractivity contribution in [1.29, 1.82) is 0 Å². The van der Waals surface area contributed by atoms with Gasteiger partial charge in [-0.05, 0) is 55.0 Å². The number of aryl methyl sites for hydroxylation is 1. The van der Waals surface area contributed by atoms with Gasteiger partial charge in [-0.2, -0.15) is 0 Å². The second-order valence-corrected chi connectivity index (χ2v) is 6.32. The van der Waals surface area contributed by atoms with Gasteiger partial charge in [-0.3, -0.25) is 4.79 Å². The van der Waals surface area contributed by atoms with E-state index in [9.17, 15) is 4.79 Å². The van der Waals surface area contributed by atoms with Crippen molar-refractivity contribution in [1.82, 2.24) is 0 Å². The van der Waals surface area contributed by atoms with Crippen LogP contribution in [-0.2, 0) is 6.61 Å². The third-order valence-electron chi connectivity index (χ3n) is 4.49. The third-order valence-corrected chi connectivity index (χ3v) is 4.49. The second kappa shape index (κ2) is 8.70. The van der Waals surface area contributed by atoms with E-state index in [1.165, 1.54) is 21.3 Å². The largest absolute Gasteiger partial charge is 0.493 e. The van der Waals surface area contributed by atoms with E-state index in [0.29, 0.717) is 40.0 Å². The zero-order chi connectivity index (χ0) is 21.0. The Morgan fingerprint density at radius 3 is 2.21 bits per heavy atom. The Hall–Kier alpha value is -3.45. The first kappa shape index (κ1) is 20.3. The standard InChI is InChI=1S/C22H23NO6/c1-13-9-15(5-7-17(13)18-8-6-16(12-24)29-18)23-22(25)14-10-19(26-2)21(28-4)20(11-14)27-3/h5-11,24H,12H2,1-4H3,(H,23,25).